The highest BCUT2D eigenvalue weighted by Gasteiger charge is 2.31. The number of nitrogens with zero attached hydrogens (tertiary/aromatic N) is 2. The minimum atomic E-state index is -0.725. The quantitative estimate of drug-likeness (QED) is 0.689. The zero-order valence-corrected chi connectivity index (χ0v) is 17.8. The molecule has 2 N–H and O–H groups in total. The van der Waals surface area contributed by atoms with Gasteiger partial charge in [0, 0.05) is 19.9 Å². The molecule has 4 rings (SSSR count). The Morgan fingerprint density at radius 1 is 1.10 bits per heavy atom. The number of amides is 2. The van der Waals surface area contributed by atoms with Crippen LogP contribution < -0.4 is 11.0 Å². The number of piperidine rings is 1. The fraction of sp³-hybridized carbons (Fsp3) is 0.565. The van der Waals surface area contributed by atoms with Gasteiger partial charge in [0.15, 0.2) is 0 Å². The number of hydrogen-bond donors (Lipinski definition) is 2. The van der Waals surface area contributed by atoms with Crippen molar-refractivity contribution < 1.29 is 19.5 Å². The van der Waals surface area contributed by atoms with Gasteiger partial charge in [0.2, 0.25) is 11.8 Å². The van der Waals surface area contributed by atoms with Crippen LogP contribution in [0.3, 0.4) is 0 Å². The molecule has 1 aromatic carbocycles. The van der Waals surface area contributed by atoms with E-state index in [4.69, 9.17) is 5.11 Å². The molecule has 2 heterocycles. The van der Waals surface area contributed by atoms with Gasteiger partial charge in [-0.1, -0.05) is 6.07 Å². The Labute approximate surface area is 180 Å². The second-order valence-corrected chi connectivity index (χ2v) is 8.93. The monoisotopic (exact) mass is 427 g/mol. The molecule has 1 aliphatic heterocycles. The largest absolute Gasteiger partial charge is 0.481 e. The minimum Gasteiger partial charge on any atom is -0.481 e. The normalized spacial score (nSPS) is 24.4. The molecule has 1 saturated carbocycles. The molecule has 2 fully saturated rings. The lowest BCUT2D eigenvalue weighted by molar-refractivity contribution is -0.137. The maximum atomic E-state index is 12.9. The van der Waals surface area contributed by atoms with Crippen molar-refractivity contribution in [3.05, 3.63) is 34.2 Å². The summed E-state index contributed by atoms with van der Waals surface area (Å²) in [6.45, 7) is 0. The number of carbonyl (C=O) groups is 3. The second-order valence-electron chi connectivity index (χ2n) is 8.93. The van der Waals surface area contributed by atoms with E-state index >= 15 is 0 Å². The summed E-state index contributed by atoms with van der Waals surface area (Å²) >= 11 is 0. The predicted molar refractivity (Wildman–Crippen MR) is 115 cm³/mol. The van der Waals surface area contributed by atoms with E-state index < -0.39 is 17.9 Å². The first kappa shape index (κ1) is 21.3. The van der Waals surface area contributed by atoms with E-state index in [1.54, 1.807) is 11.6 Å². The molecule has 2 aliphatic rings. The van der Waals surface area contributed by atoms with Crippen molar-refractivity contribution in [3.63, 3.8) is 0 Å². The van der Waals surface area contributed by atoms with Crippen molar-refractivity contribution in [2.24, 2.45) is 13.0 Å². The third-order valence-corrected chi connectivity index (χ3v) is 6.96. The van der Waals surface area contributed by atoms with Crippen molar-refractivity contribution >= 4 is 28.8 Å². The molecule has 2 amide bonds. The Balaban J connectivity index is 1.51. The van der Waals surface area contributed by atoms with E-state index in [9.17, 15) is 19.2 Å². The Hall–Kier alpha value is -2.90. The number of imidazole rings is 1. The molecule has 0 radical (unpaired) electrons. The van der Waals surface area contributed by atoms with Crippen LogP contribution in [0.4, 0.5) is 0 Å². The van der Waals surface area contributed by atoms with E-state index in [2.05, 4.69) is 17.4 Å². The Morgan fingerprint density at radius 3 is 2.52 bits per heavy atom. The first-order valence-corrected chi connectivity index (χ1v) is 11.1. The molecule has 31 heavy (non-hydrogen) atoms. The summed E-state index contributed by atoms with van der Waals surface area (Å²) in [5.74, 6) is -0.421. The summed E-state index contributed by atoms with van der Waals surface area (Å²) in [5.41, 5.74) is 2.47. The van der Waals surface area contributed by atoms with Gasteiger partial charge < -0.3 is 5.11 Å². The molecule has 1 aromatic heterocycles. The van der Waals surface area contributed by atoms with Gasteiger partial charge in [-0.3, -0.25) is 28.8 Å². The SMILES string of the molecule is Cn1c(=O)n(C2CCC(=O)NC2=O)c2ccc(C3CCC(CCCC(=O)O)CC3)cc21. The lowest BCUT2D eigenvalue weighted by Crippen LogP contribution is -2.44. The van der Waals surface area contributed by atoms with Crippen LogP contribution in [0.1, 0.15) is 75.3 Å². The smallest absolute Gasteiger partial charge is 0.329 e. The van der Waals surface area contributed by atoms with Gasteiger partial charge in [-0.15, -0.1) is 0 Å². The first-order chi connectivity index (χ1) is 14.8. The molecule has 8 nitrogen and oxygen atoms in total. The van der Waals surface area contributed by atoms with E-state index in [-0.39, 0.29) is 24.4 Å². The van der Waals surface area contributed by atoms with E-state index in [0.29, 0.717) is 23.8 Å². The summed E-state index contributed by atoms with van der Waals surface area (Å²) in [4.78, 5) is 47.4. The lowest BCUT2D eigenvalue weighted by Gasteiger charge is -2.29. The Morgan fingerprint density at radius 2 is 1.84 bits per heavy atom. The molecule has 8 heteroatoms. The number of hydrogen-bond acceptors (Lipinski definition) is 4. The number of carboxylic acids is 1. The van der Waals surface area contributed by atoms with Crippen LogP contribution in [-0.2, 0) is 21.4 Å². The third-order valence-electron chi connectivity index (χ3n) is 6.96. The topological polar surface area (TPSA) is 110 Å². The van der Waals surface area contributed by atoms with E-state index in [0.717, 1.165) is 44.0 Å². The number of carboxylic acid groups (broad SMARTS) is 1. The average molecular weight is 428 g/mol. The number of rotatable bonds is 6. The number of fused-ring (bicyclic) bond motifs is 1. The van der Waals surface area contributed by atoms with Gasteiger partial charge >= 0.3 is 11.7 Å². The average Bonchev–Trinajstić information content (AvgIpc) is 2.98. The molecular formula is C23H29N3O5. The van der Waals surface area contributed by atoms with Gasteiger partial charge in [-0.05, 0) is 74.5 Å². The summed E-state index contributed by atoms with van der Waals surface area (Å²) in [7, 11) is 1.72. The highest BCUT2D eigenvalue weighted by Crippen LogP contribution is 2.38. The van der Waals surface area contributed by atoms with E-state index in [1.807, 2.05) is 6.07 Å². The predicted octanol–water partition coefficient (Wildman–Crippen LogP) is 2.85. The van der Waals surface area contributed by atoms with Gasteiger partial charge in [0.1, 0.15) is 6.04 Å². The van der Waals surface area contributed by atoms with E-state index in [1.165, 1.54) is 10.1 Å². The van der Waals surface area contributed by atoms with Crippen LogP contribution in [0, 0.1) is 5.92 Å². The standard InChI is InChI=1S/C23H29N3O5/c1-25-19-13-16(15-7-5-14(6-8-15)3-2-4-21(28)29)9-10-17(19)26(23(25)31)18-11-12-20(27)24-22(18)30/h9-10,13-15,18H,2-8,11-12H2,1H3,(H,28,29)(H,24,27,30). The molecule has 1 saturated heterocycles. The van der Waals surface area contributed by atoms with Gasteiger partial charge in [-0.25, -0.2) is 4.79 Å². The van der Waals surface area contributed by atoms with Crippen LogP contribution in [0.5, 0.6) is 0 Å². The lowest BCUT2D eigenvalue weighted by atomic mass is 9.77. The molecule has 1 aliphatic carbocycles. The number of nitrogens with one attached hydrogen (secondary N) is 1. The number of aliphatic carboxylic acids is 1. The van der Waals surface area contributed by atoms with Crippen LogP contribution in [0.25, 0.3) is 11.0 Å². The molecular weight excluding hydrogens is 398 g/mol. The van der Waals surface area contributed by atoms with Gasteiger partial charge in [-0.2, -0.15) is 0 Å². The maximum Gasteiger partial charge on any atom is 0.329 e. The molecule has 1 atom stereocenters. The maximum absolute atomic E-state index is 12.9. The van der Waals surface area contributed by atoms with Crippen molar-refractivity contribution in [3.8, 4) is 0 Å². The number of imide groups is 1. The highest BCUT2D eigenvalue weighted by atomic mass is 16.4. The van der Waals surface area contributed by atoms with Gasteiger partial charge in [0.05, 0.1) is 11.0 Å². The number of benzene rings is 1. The molecule has 0 bridgehead atoms. The number of carbonyl (C=O) groups excluding carboxylic acids is 2. The van der Waals surface area contributed by atoms with Crippen molar-refractivity contribution in [1.29, 1.82) is 0 Å². The summed E-state index contributed by atoms with van der Waals surface area (Å²) in [6.07, 6.45) is 6.83. The van der Waals surface area contributed by atoms with Crippen molar-refractivity contribution in [2.75, 3.05) is 0 Å². The summed E-state index contributed by atoms with van der Waals surface area (Å²) < 4.78 is 3.10. The van der Waals surface area contributed by atoms with Crippen LogP contribution in [0.2, 0.25) is 0 Å². The number of aryl methyl sites for hydroxylation is 1. The zero-order valence-electron chi connectivity index (χ0n) is 17.8. The van der Waals surface area contributed by atoms with Crippen LogP contribution in [-0.4, -0.2) is 32.0 Å². The van der Waals surface area contributed by atoms with Crippen molar-refractivity contribution in [1.82, 2.24) is 14.5 Å². The summed E-state index contributed by atoms with van der Waals surface area (Å²) in [6, 6.07) is 5.38. The zero-order chi connectivity index (χ0) is 22.1. The molecule has 166 valence electrons. The Bertz CT molecular complexity index is 1070. The fourth-order valence-corrected chi connectivity index (χ4v) is 5.19. The van der Waals surface area contributed by atoms with Crippen molar-refractivity contribution in [2.45, 2.75) is 69.7 Å². The Kier molecular flexibility index (Phi) is 5.98. The summed E-state index contributed by atoms with van der Waals surface area (Å²) in [5, 5.41) is 11.1. The third kappa shape index (κ3) is 4.29. The minimum absolute atomic E-state index is 0.229. The van der Waals surface area contributed by atoms with Gasteiger partial charge in [0.25, 0.3) is 0 Å². The molecule has 2 aromatic rings. The second kappa shape index (κ2) is 8.69. The molecule has 0 spiro atoms. The van der Waals surface area contributed by atoms with Crippen LogP contribution >= 0.6 is 0 Å². The molecule has 1 unspecified atom stereocenters. The highest BCUT2D eigenvalue weighted by molar-refractivity contribution is 6.00. The first-order valence-electron chi connectivity index (χ1n) is 11.1. The fourth-order valence-electron chi connectivity index (χ4n) is 5.19. The van der Waals surface area contributed by atoms with Crippen LogP contribution in [0.15, 0.2) is 23.0 Å². The number of aromatic nitrogens is 2.